The molecule has 0 bridgehead atoms. The Morgan fingerprint density at radius 2 is 1.86 bits per heavy atom. The van der Waals surface area contributed by atoms with Gasteiger partial charge in [0.05, 0.1) is 12.7 Å². The van der Waals surface area contributed by atoms with Crippen molar-refractivity contribution >= 4 is 11.8 Å². The largest absolute Gasteiger partial charge is 0.444 e. The van der Waals surface area contributed by atoms with E-state index >= 15 is 0 Å². The van der Waals surface area contributed by atoms with E-state index in [0.29, 0.717) is 13.1 Å². The molecule has 1 aliphatic heterocycles. The monoisotopic (exact) mass is 398 g/mol. The van der Waals surface area contributed by atoms with Crippen LogP contribution in [0.2, 0.25) is 0 Å². The lowest BCUT2D eigenvalue weighted by Crippen LogP contribution is -2.32. The Balaban J connectivity index is 1.67. The van der Waals surface area contributed by atoms with Crippen LogP contribution in [-0.2, 0) is 17.9 Å². The van der Waals surface area contributed by atoms with Gasteiger partial charge in [-0.15, -0.1) is 0 Å². The van der Waals surface area contributed by atoms with Crippen molar-refractivity contribution in [3.8, 4) is 11.1 Å². The van der Waals surface area contributed by atoms with Gasteiger partial charge < -0.3 is 25.2 Å². The number of rotatable bonds is 5. The molecule has 156 valence electrons. The van der Waals surface area contributed by atoms with Crippen molar-refractivity contribution in [3.05, 3.63) is 53.6 Å². The summed E-state index contributed by atoms with van der Waals surface area (Å²) in [4.78, 5) is 13.9. The number of carbonyl (C=O) groups excluding carboxylic acids is 1. The fourth-order valence-corrected chi connectivity index (χ4v) is 3.46. The summed E-state index contributed by atoms with van der Waals surface area (Å²) in [6.07, 6.45) is 0.0191. The molecule has 3 rings (SSSR count). The summed E-state index contributed by atoms with van der Waals surface area (Å²) in [6, 6.07) is 14.0. The van der Waals surface area contributed by atoms with Crippen molar-refractivity contribution < 1.29 is 19.7 Å². The van der Waals surface area contributed by atoms with Gasteiger partial charge in [0.2, 0.25) is 0 Å². The Kier molecular flexibility index (Phi) is 6.45. The van der Waals surface area contributed by atoms with E-state index in [9.17, 15) is 15.0 Å². The molecule has 0 spiro atoms. The maximum Gasteiger partial charge on any atom is 0.407 e. The second-order valence-corrected chi connectivity index (χ2v) is 8.44. The predicted octanol–water partition coefficient (Wildman–Crippen LogP) is 3.44. The van der Waals surface area contributed by atoms with E-state index in [2.05, 4.69) is 10.2 Å². The van der Waals surface area contributed by atoms with Crippen molar-refractivity contribution in [1.82, 2.24) is 5.32 Å². The molecule has 6 nitrogen and oxygen atoms in total. The van der Waals surface area contributed by atoms with Crippen LogP contribution < -0.4 is 10.2 Å². The molecule has 1 heterocycles. The van der Waals surface area contributed by atoms with Gasteiger partial charge in [-0.2, -0.15) is 0 Å². The van der Waals surface area contributed by atoms with Crippen LogP contribution >= 0.6 is 0 Å². The van der Waals surface area contributed by atoms with Crippen LogP contribution in [0.1, 0.15) is 38.3 Å². The van der Waals surface area contributed by atoms with E-state index < -0.39 is 11.7 Å². The number of hydrogen-bond donors (Lipinski definition) is 3. The van der Waals surface area contributed by atoms with E-state index in [1.54, 1.807) is 0 Å². The van der Waals surface area contributed by atoms with Crippen LogP contribution in [0.3, 0.4) is 0 Å². The van der Waals surface area contributed by atoms with E-state index in [1.807, 2.05) is 63.2 Å². The quantitative estimate of drug-likeness (QED) is 0.719. The summed E-state index contributed by atoms with van der Waals surface area (Å²) in [5.41, 5.74) is 4.35. The molecule has 2 aromatic carbocycles. The van der Waals surface area contributed by atoms with E-state index in [4.69, 9.17) is 4.74 Å². The van der Waals surface area contributed by atoms with Gasteiger partial charge in [-0.3, -0.25) is 0 Å². The second-order valence-electron chi connectivity index (χ2n) is 8.44. The van der Waals surface area contributed by atoms with Crippen molar-refractivity contribution in [2.24, 2.45) is 0 Å². The molecule has 0 unspecified atom stereocenters. The van der Waals surface area contributed by atoms with Crippen molar-refractivity contribution in [1.29, 1.82) is 0 Å². The standard InChI is InChI=1S/C23H30N2O4/c1-23(2,3)29-22(28)24-13-16-4-6-17(7-5-16)18-8-9-21(19(12-18)15-26)25-11-10-20(27)14-25/h4-9,12,20,26-27H,10-11,13-15H2,1-3H3,(H,24,28)/t20-/m0/s1. The summed E-state index contributed by atoms with van der Waals surface area (Å²) in [7, 11) is 0. The van der Waals surface area contributed by atoms with Crippen LogP contribution in [0.15, 0.2) is 42.5 Å². The van der Waals surface area contributed by atoms with Crippen molar-refractivity contribution in [3.63, 3.8) is 0 Å². The Labute approximate surface area is 172 Å². The number of alkyl carbamates (subject to hydrolysis) is 1. The Hall–Kier alpha value is -2.57. The number of amides is 1. The number of carbonyl (C=O) groups is 1. The predicted molar refractivity (Wildman–Crippen MR) is 114 cm³/mol. The molecule has 0 saturated carbocycles. The van der Waals surface area contributed by atoms with Gasteiger partial charge in [-0.1, -0.05) is 30.3 Å². The molecular weight excluding hydrogens is 368 g/mol. The highest BCUT2D eigenvalue weighted by atomic mass is 16.6. The Bertz CT molecular complexity index is 843. The van der Waals surface area contributed by atoms with Crippen molar-refractivity contribution in [2.75, 3.05) is 18.0 Å². The van der Waals surface area contributed by atoms with Crippen LogP contribution in [0.5, 0.6) is 0 Å². The average molecular weight is 399 g/mol. The first-order chi connectivity index (χ1) is 13.7. The van der Waals surface area contributed by atoms with Gasteiger partial charge in [0.25, 0.3) is 0 Å². The second kappa shape index (κ2) is 8.84. The molecule has 1 aliphatic rings. The van der Waals surface area contributed by atoms with Crippen LogP contribution in [0.4, 0.5) is 10.5 Å². The van der Waals surface area contributed by atoms with Gasteiger partial charge in [0, 0.05) is 30.9 Å². The molecule has 0 radical (unpaired) electrons. The fraction of sp³-hybridized carbons (Fsp3) is 0.435. The number of aliphatic hydroxyl groups is 2. The van der Waals surface area contributed by atoms with Gasteiger partial charge in [-0.25, -0.2) is 4.79 Å². The number of nitrogens with one attached hydrogen (secondary N) is 1. The first-order valence-electron chi connectivity index (χ1n) is 9.98. The molecule has 6 heteroatoms. The SMILES string of the molecule is CC(C)(C)OC(=O)NCc1ccc(-c2ccc(N3CC[C@H](O)C3)c(CO)c2)cc1. The molecule has 1 fully saturated rings. The molecular formula is C23H30N2O4. The Morgan fingerprint density at radius 3 is 2.45 bits per heavy atom. The minimum Gasteiger partial charge on any atom is -0.444 e. The zero-order valence-corrected chi connectivity index (χ0v) is 17.3. The normalized spacial score (nSPS) is 16.7. The zero-order valence-electron chi connectivity index (χ0n) is 17.3. The minimum absolute atomic E-state index is 0.0480. The summed E-state index contributed by atoms with van der Waals surface area (Å²) in [5.74, 6) is 0. The highest BCUT2D eigenvalue weighted by Crippen LogP contribution is 2.30. The highest BCUT2D eigenvalue weighted by molar-refractivity contribution is 5.70. The van der Waals surface area contributed by atoms with Crippen LogP contribution in [0, 0.1) is 0 Å². The van der Waals surface area contributed by atoms with Crippen LogP contribution in [0.25, 0.3) is 11.1 Å². The van der Waals surface area contributed by atoms with E-state index in [1.165, 1.54) is 0 Å². The third-order valence-electron chi connectivity index (χ3n) is 4.88. The lowest BCUT2D eigenvalue weighted by atomic mass is 10.0. The average Bonchev–Trinajstić information content (AvgIpc) is 3.11. The van der Waals surface area contributed by atoms with Crippen molar-refractivity contribution in [2.45, 2.75) is 52.0 Å². The van der Waals surface area contributed by atoms with Crippen LogP contribution in [-0.4, -0.2) is 41.1 Å². The number of ether oxygens (including phenoxy) is 1. The maximum absolute atomic E-state index is 11.8. The summed E-state index contributed by atoms with van der Waals surface area (Å²) < 4.78 is 5.24. The summed E-state index contributed by atoms with van der Waals surface area (Å²) in [5, 5.41) is 22.4. The Morgan fingerprint density at radius 1 is 1.17 bits per heavy atom. The fourth-order valence-electron chi connectivity index (χ4n) is 3.46. The summed E-state index contributed by atoms with van der Waals surface area (Å²) >= 11 is 0. The molecule has 2 aromatic rings. The topological polar surface area (TPSA) is 82.0 Å². The molecule has 1 saturated heterocycles. The van der Waals surface area contributed by atoms with Gasteiger partial charge in [0.1, 0.15) is 5.60 Å². The maximum atomic E-state index is 11.8. The first kappa shape index (κ1) is 21.1. The summed E-state index contributed by atoms with van der Waals surface area (Å²) in [6.45, 7) is 7.25. The van der Waals surface area contributed by atoms with Gasteiger partial charge >= 0.3 is 6.09 Å². The lowest BCUT2D eigenvalue weighted by molar-refractivity contribution is 0.0523. The molecule has 1 atom stereocenters. The third-order valence-corrected chi connectivity index (χ3v) is 4.88. The third kappa shape index (κ3) is 5.71. The molecule has 1 amide bonds. The molecule has 29 heavy (non-hydrogen) atoms. The number of anilines is 1. The van der Waals surface area contributed by atoms with Gasteiger partial charge in [0.15, 0.2) is 0 Å². The van der Waals surface area contributed by atoms with Gasteiger partial charge in [-0.05, 0) is 56.0 Å². The van der Waals surface area contributed by atoms with E-state index in [-0.39, 0.29) is 12.7 Å². The molecule has 0 aromatic heterocycles. The molecule has 0 aliphatic carbocycles. The minimum atomic E-state index is -0.516. The zero-order chi connectivity index (χ0) is 21.0. The number of benzene rings is 2. The molecule has 3 N–H and O–H groups in total. The number of aliphatic hydroxyl groups excluding tert-OH is 2. The van der Waals surface area contributed by atoms with E-state index in [0.717, 1.165) is 40.9 Å². The smallest absolute Gasteiger partial charge is 0.407 e. The number of hydrogen-bond acceptors (Lipinski definition) is 5. The number of nitrogens with zero attached hydrogens (tertiary/aromatic N) is 1. The first-order valence-corrected chi connectivity index (χ1v) is 9.98. The highest BCUT2D eigenvalue weighted by Gasteiger charge is 2.22. The number of β-amino-alcohol motifs (C(OH)–C–C–N with tert-alkyl or cyclic N) is 1. The lowest BCUT2D eigenvalue weighted by Gasteiger charge is -2.21.